The molecule has 0 saturated carbocycles. The second-order valence-electron chi connectivity index (χ2n) is 9.12. The molecule has 0 aliphatic carbocycles. The molecule has 0 unspecified atom stereocenters. The number of aromatic nitrogens is 1. The van der Waals surface area contributed by atoms with E-state index in [9.17, 15) is 0 Å². The third-order valence-corrected chi connectivity index (χ3v) is 5.75. The van der Waals surface area contributed by atoms with Gasteiger partial charge >= 0.3 is 0 Å². The molecule has 1 atom stereocenters. The topological polar surface area (TPSA) is 69.4 Å². The number of nitrogens with two attached hydrogens (primary N) is 1. The van der Waals surface area contributed by atoms with E-state index in [1.165, 1.54) is 5.56 Å². The quantitative estimate of drug-likeness (QED) is 0.714. The maximum Gasteiger partial charge on any atom is 0.137 e. The van der Waals surface area contributed by atoms with Crippen LogP contribution >= 0.6 is 0 Å². The van der Waals surface area contributed by atoms with Crippen LogP contribution in [0, 0.1) is 0 Å². The second kappa shape index (κ2) is 9.70. The minimum Gasteiger partial charge on any atom is -0.490 e. The fourth-order valence-corrected chi connectivity index (χ4v) is 3.79. The molecule has 2 heterocycles. The van der Waals surface area contributed by atoms with Gasteiger partial charge in [-0.25, -0.2) is 0 Å². The molecule has 5 nitrogen and oxygen atoms in total. The molecular formula is C24H35N3O2. The lowest BCUT2D eigenvalue weighted by Gasteiger charge is -2.38. The molecule has 3 rings (SSSR count). The Labute approximate surface area is 175 Å². The fourth-order valence-electron chi connectivity index (χ4n) is 3.79. The SMILES string of the molecule is CC(C)(C)c1cncc(OC[C@@H](N)CNCC2(c3ccccc3)CCOCC2)c1. The van der Waals surface area contributed by atoms with Gasteiger partial charge in [0.05, 0.1) is 12.2 Å². The van der Waals surface area contributed by atoms with Crippen molar-refractivity contribution < 1.29 is 9.47 Å². The van der Waals surface area contributed by atoms with Gasteiger partial charge in [-0.3, -0.25) is 4.98 Å². The van der Waals surface area contributed by atoms with Crippen LogP contribution < -0.4 is 15.8 Å². The van der Waals surface area contributed by atoms with Crippen LogP contribution in [0.25, 0.3) is 0 Å². The van der Waals surface area contributed by atoms with Gasteiger partial charge < -0.3 is 20.5 Å². The lowest BCUT2D eigenvalue weighted by atomic mass is 9.74. The molecule has 1 aromatic carbocycles. The summed E-state index contributed by atoms with van der Waals surface area (Å²) < 4.78 is 11.5. The third-order valence-electron chi connectivity index (χ3n) is 5.75. The molecule has 1 saturated heterocycles. The summed E-state index contributed by atoms with van der Waals surface area (Å²) >= 11 is 0. The minimum atomic E-state index is -0.0824. The van der Waals surface area contributed by atoms with Gasteiger partial charge in [0.2, 0.25) is 0 Å². The van der Waals surface area contributed by atoms with Crippen LogP contribution in [0.5, 0.6) is 5.75 Å². The summed E-state index contributed by atoms with van der Waals surface area (Å²) in [6, 6.07) is 12.7. The first-order valence-corrected chi connectivity index (χ1v) is 10.6. The summed E-state index contributed by atoms with van der Waals surface area (Å²) in [5.74, 6) is 0.776. The maximum atomic E-state index is 6.31. The van der Waals surface area contributed by atoms with Gasteiger partial charge in [-0.2, -0.15) is 0 Å². The van der Waals surface area contributed by atoms with Crippen molar-refractivity contribution in [3.05, 3.63) is 59.9 Å². The highest BCUT2D eigenvalue weighted by Gasteiger charge is 2.34. The molecule has 158 valence electrons. The highest BCUT2D eigenvalue weighted by atomic mass is 16.5. The number of nitrogens with one attached hydrogen (secondary N) is 1. The van der Waals surface area contributed by atoms with E-state index < -0.39 is 0 Å². The van der Waals surface area contributed by atoms with Gasteiger partial charge in [0.1, 0.15) is 12.4 Å². The molecule has 5 heteroatoms. The Hall–Kier alpha value is -1.95. The van der Waals surface area contributed by atoms with Crippen molar-refractivity contribution in [3.63, 3.8) is 0 Å². The molecule has 2 aromatic rings. The van der Waals surface area contributed by atoms with Crippen molar-refractivity contribution in [1.29, 1.82) is 0 Å². The number of hydrogen-bond acceptors (Lipinski definition) is 5. The predicted molar refractivity (Wildman–Crippen MR) is 117 cm³/mol. The lowest BCUT2D eigenvalue weighted by molar-refractivity contribution is 0.0497. The number of benzene rings is 1. The minimum absolute atomic E-state index is 0.0471. The molecular weight excluding hydrogens is 362 g/mol. The van der Waals surface area contributed by atoms with E-state index in [2.05, 4.69) is 67.5 Å². The van der Waals surface area contributed by atoms with E-state index in [0.29, 0.717) is 13.2 Å². The Bertz CT molecular complexity index is 752. The number of nitrogens with zero attached hydrogens (tertiary/aromatic N) is 1. The van der Waals surface area contributed by atoms with E-state index in [1.807, 2.05) is 6.20 Å². The van der Waals surface area contributed by atoms with Crippen molar-refractivity contribution >= 4 is 0 Å². The summed E-state index contributed by atoms with van der Waals surface area (Å²) in [6.45, 7) is 10.2. The summed E-state index contributed by atoms with van der Waals surface area (Å²) in [5, 5.41) is 3.59. The maximum absolute atomic E-state index is 6.31. The zero-order valence-corrected chi connectivity index (χ0v) is 18.0. The van der Waals surface area contributed by atoms with Crippen LogP contribution in [0.1, 0.15) is 44.7 Å². The second-order valence-corrected chi connectivity index (χ2v) is 9.12. The fraction of sp³-hybridized carbons (Fsp3) is 0.542. The molecule has 0 radical (unpaired) electrons. The Morgan fingerprint density at radius 2 is 1.90 bits per heavy atom. The van der Waals surface area contributed by atoms with E-state index in [4.69, 9.17) is 15.2 Å². The summed E-state index contributed by atoms with van der Waals surface area (Å²) in [5.41, 5.74) is 9.01. The monoisotopic (exact) mass is 397 g/mol. The van der Waals surface area contributed by atoms with Gasteiger partial charge in [-0.15, -0.1) is 0 Å². The molecule has 1 fully saturated rings. The normalized spacial score (nSPS) is 17.7. The van der Waals surface area contributed by atoms with Crippen LogP contribution in [0.2, 0.25) is 0 Å². The van der Waals surface area contributed by atoms with Gasteiger partial charge in [0.25, 0.3) is 0 Å². The van der Waals surface area contributed by atoms with Crippen molar-refractivity contribution in [2.24, 2.45) is 5.73 Å². The highest BCUT2D eigenvalue weighted by molar-refractivity contribution is 5.28. The zero-order valence-electron chi connectivity index (χ0n) is 18.0. The first-order chi connectivity index (χ1) is 13.9. The highest BCUT2D eigenvalue weighted by Crippen LogP contribution is 2.34. The lowest BCUT2D eigenvalue weighted by Crippen LogP contribution is -2.47. The van der Waals surface area contributed by atoms with Gasteiger partial charge in [0.15, 0.2) is 0 Å². The van der Waals surface area contributed by atoms with E-state index in [0.717, 1.165) is 43.9 Å². The Balaban J connectivity index is 1.50. The first kappa shape index (κ1) is 21.8. The average molecular weight is 398 g/mol. The largest absolute Gasteiger partial charge is 0.490 e. The summed E-state index contributed by atoms with van der Waals surface area (Å²) in [7, 11) is 0. The van der Waals surface area contributed by atoms with Crippen LogP contribution in [-0.4, -0.2) is 43.9 Å². The van der Waals surface area contributed by atoms with Gasteiger partial charge in [0, 0.05) is 37.9 Å². The van der Waals surface area contributed by atoms with Gasteiger partial charge in [-0.05, 0) is 35.4 Å². The predicted octanol–water partition coefficient (Wildman–Crippen LogP) is 3.42. The summed E-state index contributed by atoms with van der Waals surface area (Å²) in [6.07, 6.45) is 5.70. The molecule has 29 heavy (non-hydrogen) atoms. The Morgan fingerprint density at radius 1 is 1.17 bits per heavy atom. The number of rotatable bonds is 8. The third kappa shape index (κ3) is 6.01. The number of hydrogen-bond donors (Lipinski definition) is 2. The average Bonchev–Trinajstić information content (AvgIpc) is 2.73. The molecule has 0 bridgehead atoms. The van der Waals surface area contributed by atoms with E-state index in [1.54, 1.807) is 6.20 Å². The first-order valence-electron chi connectivity index (χ1n) is 10.6. The Kier molecular flexibility index (Phi) is 7.28. The van der Waals surface area contributed by atoms with Crippen molar-refractivity contribution in [2.75, 3.05) is 32.9 Å². The molecule has 0 amide bonds. The van der Waals surface area contributed by atoms with Crippen molar-refractivity contribution in [2.45, 2.75) is 50.5 Å². The van der Waals surface area contributed by atoms with Crippen LogP contribution in [-0.2, 0) is 15.6 Å². The van der Waals surface area contributed by atoms with Crippen LogP contribution in [0.4, 0.5) is 0 Å². The number of ether oxygens (including phenoxy) is 2. The molecule has 1 aliphatic heterocycles. The molecule has 3 N–H and O–H groups in total. The van der Waals surface area contributed by atoms with E-state index in [-0.39, 0.29) is 16.9 Å². The molecule has 1 aliphatic rings. The molecule has 1 aromatic heterocycles. The van der Waals surface area contributed by atoms with E-state index >= 15 is 0 Å². The van der Waals surface area contributed by atoms with Crippen LogP contribution in [0.15, 0.2) is 48.8 Å². The number of pyridine rings is 1. The van der Waals surface area contributed by atoms with Crippen LogP contribution in [0.3, 0.4) is 0 Å². The van der Waals surface area contributed by atoms with Crippen molar-refractivity contribution in [1.82, 2.24) is 10.3 Å². The molecule has 0 spiro atoms. The zero-order chi connectivity index (χ0) is 20.7. The summed E-state index contributed by atoms with van der Waals surface area (Å²) in [4.78, 5) is 4.30. The smallest absolute Gasteiger partial charge is 0.137 e. The van der Waals surface area contributed by atoms with Gasteiger partial charge in [-0.1, -0.05) is 51.1 Å². The standard InChI is InChI=1S/C24H35N3O2/c1-23(2,3)20-13-22(16-26-14-20)29-17-21(25)15-27-18-24(9-11-28-12-10-24)19-7-5-4-6-8-19/h4-8,13-14,16,21,27H,9-12,15,17-18,25H2,1-3H3/t21-/m0/s1. The van der Waals surface area contributed by atoms with Crippen molar-refractivity contribution in [3.8, 4) is 5.75 Å². The Morgan fingerprint density at radius 3 is 2.59 bits per heavy atom.